The fourth-order valence-corrected chi connectivity index (χ4v) is 3.29. The van der Waals surface area contributed by atoms with E-state index in [1.165, 1.54) is 4.88 Å². The summed E-state index contributed by atoms with van der Waals surface area (Å²) in [4.78, 5) is 13.7. The lowest BCUT2D eigenvalue weighted by Gasteiger charge is -2.17. The van der Waals surface area contributed by atoms with Gasteiger partial charge in [0, 0.05) is 22.8 Å². The Labute approximate surface area is 142 Å². The molecule has 4 nitrogen and oxygen atoms in total. The molecule has 126 valence electrons. The van der Waals surface area contributed by atoms with Gasteiger partial charge in [-0.2, -0.15) is 0 Å². The van der Waals surface area contributed by atoms with Crippen LogP contribution in [0.4, 0.5) is 0 Å². The Hall–Kier alpha value is -1.59. The number of hydrogen-bond donors (Lipinski definition) is 2. The predicted molar refractivity (Wildman–Crippen MR) is 95.1 cm³/mol. The number of amides is 1. The second-order valence-corrected chi connectivity index (χ2v) is 7.15. The average Bonchev–Trinajstić information content (AvgIpc) is 3.15. The van der Waals surface area contributed by atoms with Crippen LogP contribution in [0.25, 0.3) is 0 Å². The molecule has 0 aliphatic rings. The summed E-state index contributed by atoms with van der Waals surface area (Å²) in [7, 11) is 0. The van der Waals surface area contributed by atoms with Crippen LogP contribution in [0.15, 0.2) is 23.6 Å². The summed E-state index contributed by atoms with van der Waals surface area (Å²) in [6, 6.07) is 6.07. The largest absolute Gasteiger partial charge is 0.391 e. The molecule has 2 heterocycles. The molecule has 5 heteroatoms. The number of nitrogens with zero attached hydrogens (tertiary/aromatic N) is 1. The molecule has 0 radical (unpaired) electrons. The van der Waals surface area contributed by atoms with Gasteiger partial charge in [0.1, 0.15) is 0 Å². The van der Waals surface area contributed by atoms with Gasteiger partial charge in [-0.15, -0.1) is 11.3 Å². The quantitative estimate of drug-likeness (QED) is 0.816. The summed E-state index contributed by atoms with van der Waals surface area (Å²) in [5.41, 5.74) is 2.73. The lowest BCUT2D eigenvalue weighted by Crippen LogP contribution is -2.35. The first-order valence-electron chi connectivity index (χ1n) is 8.09. The Kier molecular flexibility index (Phi) is 6.02. The molecule has 2 aromatic heterocycles. The van der Waals surface area contributed by atoms with Crippen molar-refractivity contribution in [3.63, 3.8) is 0 Å². The molecule has 2 unspecified atom stereocenters. The highest BCUT2D eigenvalue weighted by atomic mass is 32.1. The third kappa shape index (κ3) is 4.24. The van der Waals surface area contributed by atoms with Crippen molar-refractivity contribution in [2.75, 3.05) is 6.54 Å². The molecule has 1 amide bonds. The van der Waals surface area contributed by atoms with Crippen molar-refractivity contribution in [2.24, 2.45) is 5.92 Å². The van der Waals surface area contributed by atoms with E-state index in [4.69, 9.17) is 0 Å². The Bertz CT molecular complexity index is 646. The molecule has 0 aliphatic carbocycles. The maximum absolute atomic E-state index is 12.4. The van der Waals surface area contributed by atoms with E-state index in [9.17, 15) is 9.90 Å². The van der Waals surface area contributed by atoms with Gasteiger partial charge in [-0.1, -0.05) is 26.3 Å². The Morgan fingerprint density at radius 2 is 2.17 bits per heavy atom. The highest BCUT2D eigenvalue weighted by molar-refractivity contribution is 7.09. The summed E-state index contributed by atoms with van der Waals surface area (Å²) >= 11 is 1.72. The second-order valence-electron chi connectivity index (χ2n) is 6.11. The van der Waals surface area contributed by atoms with Crippen LogP contribution in [0.1, 0.15) is 46.9 Å². The van der Waals surface area contributed by atoms with Crippen molar-refractivity contribution in [3.05, 3.63) is 45.4 Å². The van der Waals surface area contributed by atoms with E-state index in [-0.39, 0.29) is 11.8 Å². The molecule has 0 saturated carbocycles. The maximum atomic E-state index is 12.4. The number of thiophene rings is 1. The first kappa shape index (κ1) is 17.8. The predicted octanol–water partition coefficient (Wildman–Crippen LogP) is 3.35. The van der Waals surface area contributed by atoms with E-state index in [0.29, 0.717) is 12.1 Å². The van der Waals surface area contributed by atoms with Crippen LogP contribution in [-0.4, -0.2) is 28.2 Å². The number of hydrogen-bond acceptors (Lipinski definition) is 3. The van der Waals surface area contributed by atoms with Crippen molar-refractivity contribution >= 4 is 17.2 Å². The normalized spacial score (nSPS) is 13.8. The summed E-state index contributed by atoms with van der Waals surface area (Å²) < 4.78 is 2.16. The summed E-state index contributed by atoms with van der Waals surface area (Å²) in [5.74, 6) is 0.0689. The minimum atomic E-state index is -0.501. The topological polar surface area (TPSA) is 54.3 Å². The minimum Gasteiger partial charge on any atom is -0.391 e. The zero-order valence-corrected chi connectivity index (χ0v) is 15.1. The SMILES string of the molecule is CCC(C)C(O)CNC(=O)c1cc(C)n(Cc2cccs2)c1C. The molecule has 0 aliphatic heterocycles. The van der Waals surface area contributed by atoms with Crippen LogP contribution in [0.3, 0.4) is 0 Å². The van der Waals surface area contributed by atoms with Gasteiger partial charge < -0.3 is 15.0 Å². The van der Waals surface area contributed by atoms with E-state index < -0.39 is 6.10 Å². The van der Waals surface area contributed by atoms with Crippen molar-refractivity contribution < 1.29 is 9.90 Å². The molecule has 2 atom stereocenters. The van der Waals surface area contributed by atoms with E-state index in [0.717, 1.165) is 24.4 Å². The second kappa shape index (κ2) is 7.79. The molecular formula is C18H26N2O2S. The van der Waals surface area contributed by atoms with Crippen LogP contribution < -0.4 is 5.32 Å². The molecule has 0 saturated heterocycles. The number of carbonyl (C=O) groups excluding carboxylic acids is 1. The number of aromatic nitrogens is 1. The molecule has 0 bridgehead atoms. The maximum Gasteiger partial charge on any atom is 0.253 e. The summed E-state index contributed by atoms with van der Waals surface area (Å²) in [6.07, 6.45) is 0.394. The number of aliphatic hydroxyl groups is 1. The molecule has 23 heavy (non-hydrogen) atoms. The van der Waals surface area contributed by atoms with Gasteiger partial charge in [0.05, 0.1) is 18.2 Å². The van der Waals surface area contributed by atoms with Crippen LogP contribution in [0.2, 0.25) is 0 Å². The standard InChI is InChI=1S/C18H26N2O2S/c1-5-12(2)17(21)10-19-18(22)16-9-13(3)20(14(16)4)11-15-7-6-8-23-15/h6-9,12,17,21H,5,10-11H2,1-4H3,(H,19,22). The van der Waals surface area contributed by atoms with Crippen molar-refractivity contribution in [1.29, 1.82) is 0 Å². The van der Waals surface area contributed by atoms with Gasteiger partial charge in [0.25, 0.3) is 5.91 Å². The third-order valence-corrected chi connectivity index (χ3v) is 5.35. The third-order valence-electron chi connectivity index (χ3n) is 4.48. The van der Waals surface area contributed by atoms with Crippen molar-refractivity contribution in [2.45, 2.75) is 46.8 Å². The number of aliphatic hydroxyl groups excluding tert-OH is 1. The Balaban J connectivity index is 2.06. The molecule has 2 aromatic rings. The van der Waals surface area contributed by atoms with Crippen molar-refractivity contribution in [3.8, 4) is 0 Å². The van der Waals surface area contributed by atoms with Gasteiger partial charge in [-0.05, 0) is 37.3 Å². The monoisotopic (exact) mass is 334 g/mol. The number of aryl methyl sites for hydroxylation is 1. The first-order valence-corrected chi connectivity index (χ1v) is 8.97. The van der Waals surface area contributed by atoms with E-state index in [1.54, 1.807) is 11.3 Å². The van der Waals surface area contributed by atoms with Gasteiger partial charge in [-0.25, -0.2) is 0 Å². The van der Waals surface area contributed by atoms with Gasteiger partial charge >= 0.3 is 0 Å². The Morgan fingerprint density at radius 3 is 2.78 bits per heavy atom. The first-order chi connectivity index (χ1) is 10.9. The van der Waals surface area contributed by atoms with Crippen LogP contribution in [0.5, 0.6) is 0 Å². The number of nitrogens with one attached hydrogen (secondary N) is 1. The van der Waals surface area contributed by atoms with Crippen molar-refractivity contribution in [1.82, 2.24) is 9.88 Å². The van der Waals surface area contributed by atoms with Crippen LogP contribution >= 0.6 is 11.3 Å². The van der Waals surface area contributed by atoms with E-state index >= 15 is 0 Å². The Morgan fingerprint density at radius 1 is 1.43 bits per heavy atom. The minimum absolute atomic E-state index is 0.113. The van der Waals surface area contributed by atoms with Gasteiger partial charge in [-0.3, -0.25) is 4.79 Å². The number of rotatable bonds is 7. The lowest BCUT2D eigenvalue weighted by atomic mass is 10.0. The van der Waals surface area contributed by atoms with Crippen LogP contribution in [-0.2, 0) is 6.54 Å². The fraction of sp³-hybridized carbons (Fsp3) is 0.500. The highest BCUT2D eigenvalue weighted by Gasteiger charge is 2.18. The smallest absolute Gasteiger partial charge is 0.253 e. The van der Waals surface area contributed by atoms with Crippen LogP contribution in [0, 0.1) is 19.8 Å². The van der Waals surface area contributed by atoms with E-state index in [2.05, 4.69) is 21.3 Å². The summed E-state index contributed by atoms with van der Waals surface area (Å²) in [6.45, 7) is 9.10. The van der Waals surface area contributed by atoms with Gasteiger partial charge in [0.15, 0.2) is 0 Å². The average molecular weight is 334 g/mol. The fourth-order valence-electron chi connectivity index (χ4n) is 2.60. The lowest BCUT2D eigenvalue weighted by molar-refractivity contribution is 0.0849. The molecule has 2 N–H and O–H groups in total. The summed E-state index contributed by atoms with van der Waals surface area (Å²) in [5, 5.41) is 14.9. The highest BCUT2D eigenvalue weighted by Crippen LogP contribution is 2.19. The van der Waals surface area contributed by atoms with E-state index in [1.807, 2.05) is 39.8 Å². The molecular weight excluding hydrogens is 308 g/mol. The molecule has 0 fully saturated rings. The van der Waals surface area contributed by atoms with Gasteiger partial charge in [0.2, 0.25) is 0 Å². The molecule has 0 spiro atoms. The zero-order valence-electron chi connectivity index (χ0n) is 14.3. The molecule has 0 aromatic carbocycles. The molecule has 2 rings (SSSR count). The zero-order chi connectivity index (χ0) is 17.0. The number of carbonyl (C=O) groups is 1.